The SMILES string of the molecule is CC(C)CC(O)c1cc(Cl)cc2[nH]ncc12. The van der Waals surface area contributed by atoms with Gasteiger partial charge in [0.05, 0.1) is 17.8 Å². The summed E-state index contributed by atoms with van der Waals surface area (Å²) in [5, 5.41) is 18.5. The lowest BCUT2D eigenvalue weighted by atomic mass is 9.97. The monoisotopic (exact) mass is 238 g/mol. The highest BCUT2D eigenvalue weighted by Gasteiger charge is 2.14. The Kier molecular flexibility index (Phi) is 3.17. The van der Waals surface area contributed by atoms with Crippen LogP contribution in [0.5, 0.6) is 0 Å². The molecular formula is C12H15ClN2O. The van der Waals surface area contributed by atoms with Gasteiger partial charge in [-0.05, 0) is 30.0 Å². The number of aromatic nitrogens is 2. The summed E-state index contributed by atoms with van der Waals surface area (Å²) in [6.07, 6.45) is 1.96. The van der Waals surface area contributed by atoms with Crippen molar-refractivity contribution in [2.75, 3.05) is 0 Å². The molecule has 16 heavy (non-hydrogen) atoms. The molecule has 2 rings (SSSR count). The molecule has 0 aliphatic carbocycles. The molecule has 2 N–H and O–H groups in total. The molecule has 1 unspecified atom stereocenters. The number of halogens is 1. The summed E-state index contributed by atoms with van der Waals surface area (Å²) >= 11 is 6.00. The molecular weight excluding hydrogens is 224 g/mol. The summed E-state index contributed by atoms with van der Waals surface area (Å²) < 4.78 is 0. The van der Waals surface area contributed by atoms with E-state index in [0.29, 0.717) is 10.9 Å². The first-order valence-electron chi connectivity index (χ1n) is 5.38. The molecule has 0 spiro atoms. The van der Waals surface area contributed by atoms with E-state index in [9.17, 15) is 5.11 Å². The first-order chi connectivity index (χ1) is 7.58. The molecule has 0 aliphatic rings. The van der Waals surface area contributed by atoms with Gasteiger partial charge in [0.25, 0.3) is 0 Å². The summed E-state index contributed by atoms with van der Waals surface area (Å²) in [5.74, 6) is 0.441. The number of aromatic amines is 1. The number of rotatable bonds is 3. The standard InChI is InChI=1S/C12H15ClN2O/c1-7(2)3-12(16)9-4-8(13)5-11-10(9)6-14-15-11/h4-7,12,16H,3H2,1-2H3,(H,14,15). The Balaban J connectivity index is 2.45. The fourth-order valence-electron chi connectivity index (χ4n) is 1.89. The van der Waals surface area contributed by atoms with E-state index in [2.05, 4.69) is 24.0 Å². The Morgan fingerprint density at radius 1 is 1.44 bits per heavy atom. The molecule has 86 valence electrons. The third kappa shape index (κ3) is 2.20. The van der Waals surface area contributed by atoms with E-state index >= 15 is 0 Å². The molecule has 0 aliphatic heterocycles. The molecule has 3 nitrogen and oxygen atoms in total. The van der Waals surface area contributed by atoms with Crippen molar-refractivity contribution in [3.05, 3.63) is 28.9 Å². The predicted molar refractivity (Wildman–Crippen MR) is 65.5 cm³/mol. The Morgan fingerprint density at radius 2 is 2.19 bits per heavy atom. The number of hydrogen-bond donors (Lipinski definition) is 2. The lowest BCUT2D eigenvalue weighted by molar-refractivity contribution is 0.152. The van der Waals surface area contributed by atoms with E-state index in [-0.39, 0.29) is 0 Å². The molecule has 0 radical (unpaired) electrons. The van der Waals surface area contributed by atoms with Crippen molar-refractivity contribution in [1.82, 2.24) is 10.2 Å². The van der Waals surface area contributed by atoms with Crippen molar-refractivity contribution < 1.29 is 5.11 Å². The number of nitrogens with one attached hydrogen (secondary N) is 1. The predicted octanol–water partition coefficient (Wildman–Crippen LogP) is 3.30. The average molecular weight is 239 g/mol. The molecule has 0 fully saturated rings. The van der Waals surface area contributed by atoms with E-state index in [1.54, 1.807) is 6.20 Å². The second kappa shape index (κ2) is 4.44. The molecule has 1 atom stereocenters. The minimum absolute atomic E-state index is 0.441. The summed E-state index contributed by atoms with van der Waals surface area (Å²) in [7, 11) is 0. The Labute approximate surface area is 99.4 Å². The van der Waals surface area contributed by atoms with Crippen LogP contribution in [0, 0.1) is 5.92 Å². The van der Waals surface area contributed by atoms with Gasteiger partial charge in [-0.15, -0.1) is 0 Å². The van der Waals surface area contributed by atoms with Crippen LogP contribution in [0.4, 0.5) is 0 Å². The third-order valence-electron chi connectivity index (χ3n) is 2.61. The molecule has 1 aromatic carbocycles. The zero-order chi connectivity index (χ0) is 11.7. The van der Waals surface area contributed by atoms with Crippen LogP contribution in [0.3, 0.4) is 0 Å². The fraction of sp³-hybridized carbons (Fsp3) is 0.417. The third-order valence-corrected chi connectivity index (χ3v) is 2.83. The molecule has 2 aromatic rings. The minimum atomic E-state index is -0.487. The Bertz CT molecular complexity index is 493. The van der Waals surface area contributed by atoms with E-state index in [1.165, 1.54) is 0 Å². The fourth-order valence-corrected chi connectivity index (χ4v) is 2.12. The first kappa shape index (κ1) is 11.4. The minimum Gasteiger partial charge on any atom is -0.388 e. The average Bonchev–Trinajstić information content (AvgIpc) is 2.62. The molecule has 4 heteroatoms. The number of nitrogens with zero attached hydrogens (tertiary/aromatic N) is 1. The van der Waals surface area contributed by atoms with Gasteiger partial charge in [0, 0.05) is 10.4 Å². The van der Waals surface area contributed by atoms with Crippen LogP contribution in [0.15, 0.2) is 18.3 Å². The van der Waals surface area contributed by atoms with Gasteiger partial charge in [0.1, 0.15) is 0 Å². The number of fused-ring (bicyclic) bond motifs is 1. The van der Waals surface area contributed by atoms with Gasteiger partial charge in [-0.25, -0.2) is 0 Å². The molecule has 0 bridgehead atoms. The van der Waals surface area contributed by atoms with E-state index in [1.807, 2.05) is 12.1 Å². The molecule has 0 saturated carbocycles. The van der Waals surface area contributed by atoms with Crippen LogP contribution in [0.1, 0.15) is 31.9 Å². The van der Waals surface area contributed by atoms with E-state index in [0.717, 1.165) is 22.9 Å². The maximum atomic E-state index is 10.1. The summed E-state index contributed by atoms with van der Waals surface area (Å²) in [6, 6.07) is 3.63. The largest absolute Gasteiger partial charge is 0.388 e. The maximum Gasteiger partial charge on any atom is 0.0800 e. The normalized spacial score (nSPS) is 13.6. The second-order valence-electron chi connectivity index (χ2n) is 4.47. The van der Waals surface area contributed by atoms with Gasteiger partial charge in [-0.1, -0.05) is 25.4 Å². The van der Waals surface area contributed by atoms with Gasteiger partial charge in [-0.3, -0.25) is 5.10 Å². The highest BCUT2D eigenvalue weighted by Crippen LogP contribution is 2.30. The van der Waals surface area contributed by atoms with E-state index in [4.69, 9.17) is 11.6 Å². The van der Waals surface area contributed by atoms with Crippen molar-refractivity contribution in [3.8, 4) is 0 Å². The summed E-state index contributed by atoms with van der Waals surface area (Å²) in [6.45, 7) is 4.17. The van der Waals surface area contributed by atoms with Gasteiger partial charge >= 0.3 is 0 Å². The Hall–Kier alpha value is -1.06. The smallest absolute Gasteiger partial charge is 0.0800 e. The van der Waals surface area contributed by atoms with Gasteiger partial charge in [0.2, 0.25) is 0 Å². The molecule has 1 aromatic heterocycles. The first-order valence-corrected chi connectivity index (χ1v) is 5.76. The second-order valence-corrected chi connectivity index (χ2v) is 4.91. The van der Waals surface area contributed by atoms with Crippen molar-refractivity contribution in [2.45, 2.75) is 26.4 Å². The van der Waals surface area contributed by atoms with Crippen LogP contribution < -0.4 is 0 Å². The van der Waals surface area contributed by atoms with Crippen LogP contribution in [0.2, 0.25) is 5.02 Å². The topological polar surface area (TPSA) is 48.9 Å². The zero-order valence-electron chi connectivity index (χ0n) is 9.37. The molecule has 1 heterocycles. The van der Waals surface area contributed by atoms with Crippen molar-refractivity contribution >= 4 is 22.5 Å². The lowest BCUT2D eigenvalue weighted by Crippen LogP contribution is -2.02. The van der Waals surface area contributed by atoms with Gasteiger partial charge in [-0.2, -0.15) is 5.10 Å². The van der Waals surface area contributed by atoms with Crippen LogP contribution >= 0.6 is 11.6 Å². The zero-order valence-corrected chi connectivity index (χ0v) is 10.1. The summed E-state index contributed by atoms with van der Waals surface area (Å²) in [4.78, 5) is 0. The quantitative estimate of drug-likeness (QED) is 0.862. The highest BCUT2D eigenvalue weighted by molar-refractivity contribution is 6.31. The summed E-state index contributed by atoms with van der Waals surface area (Å²) in [5.41, 5.74) is 1.72. The van der Waals surface area contributed by atoms with Crippen molar-refractivity contribution in [2.24, 2.45) is 5.92 Å². The number of aliphatic hydroxyl groups is 1. The highest BCUT2D eigenvalue weighted by atomic mass is 35.5. The number of hydrogen-bond acceptors (Lipinski definition) is 2. The van der Waals surface area contributed by atoms with Crippen molar-refractivity contribution in [1.29, 1.82) is 0 Å². The van der Waals surface area contributed by atoms with Gasteiger partial charge in [0.15, 0.2) is 0 Å². The van der Waals surface area contributed by atoms with Crippen LogP contribution in [-0.4, -0.2) is 15.3 Å². The van der Waals surface area contributed by atoms with Crippen LogP contribution in [-0.2, 0) is 0 Å². The van der Waals surface area contributed by atoms with Crippen LogP contribution in [0.25, 0.3) is 10.9 Å². The number of benzene rings is 1. The van der Waals surface area contributed by atoms with Crippen molar-refractivity contribution in [3.63, 3.8) is 0 Å². The molecule has 0 amide bonds. The maximum absolute atomic E-state index is 10.1. The Morgan fingerprint density at radius 3 is 2.88 bits per heavy atom. The number of H-pyrrole nitrogens is 1. The number of aliphatic hydroxyl groups excluding tert-OH is 1. The molecule has 0 saturated heterocycles. The van der Waals surface area contributed by atoms with Gasteiger partial charge < -0.3 is 5.11 Å². The lowest BCUT2D eigenvalue weighted by Gasteiger charge is -2.14. The van der Waals surface area contributed by atoms with E-state index < -0.39 is 6.10 Å².